The number of carbonyl (C=O) groups is 1. The Kier molecular flexibility index (Phi) is 3.23. The predicted molar refractivity (Wildman–Crippen MR) is 77.1 cm³/mol. The number of rotatable bonds is 3. The molecule has 5 nitrogen and oxygen atoms in total. The summed E-state index contributed by atoms with van der Waals surface area (Å²) in [4.78, 5) is 27.0. The van der Waals surface area contributed by atoms with Crippen molar-refractivity contribution >= 4 is 16.9 Å². The van der Waals surface area contributed by atoms with Crippen LogP contribution in [-0.2, 0) is 11.2 Å². The molecular formula is C16H11NO4. The van der Waals surface area contributed by atoms with E-state index in [0.717, 1.165) is 0 Å². The molecule has 0 saturated heterocycles. The summed E-state index contributed by atoms with van der Waals surface area (Å²) in [5, 5.41) is 9.34. The maximum absolute atomic E-state index is 12.2. The largest absolute Gasteiger partial charge is 0.481 e. The molecule has 3 aromatic rings. The van der Waals surface area contributed by atoms with Gasteiger partial charge in [-0.15, -0.1) is 0 Å². The van der Waals surface area contributed by atoms with Gasteiger partial charge in [-0.25, -0.2) is 0 Å². The fraction of sp³-hybridized carbons (Fsp3) is 0.0625. The minimum absolute atomic E-state index is 0.194. The van der Waals surface area contributed by atoms with Crippen LogP contribution < -0.4 is 5.43 Å². The van der Waals surface area contributed by atoms with Crippen molar-refractivity contribution in [2.24, 2.45) is 0 Å². The summed E-state index contributed by atoms with van der Waals surface area (Å²) in [6, 6.07) is 9.79. The zero-order valence-electron chi connectivity index (χ0n) is 10.9. The van der Waals surface area contributed by atoms with Crippen LogP contribution in [0.25, 0.3) is 22.3 Å². The Labute approximate surface area is 119 Å². The highest BCUT2D eigenvalue weighted by molar-refractivity contribution is 5.85. The van der Waals surface area contributed by atoms with Gasteiger partial charge in [-0.1, -0.05) is 12.1 Å². The van der Waals surface area contributed by atoms with Crippen molar-refractivity contribution in [3.63, 3.8) is 0 Å². The number of carboxylic acids is 1. The third-order valence-electron chi connectivity index (χ3n) is 3.14. The standard InChI is InChI=1S/C16H11NO4/c18-13-9-14(10-4-6-17-7-5-10)21-16-11(8-15(19)20)2-1-3-12(13)16/h1-7,9H,8H2,(H,19,20). The summed E-state index contributed by atoms with van der Waals surface area (Å²) in [6.45, 7) is 0. The van der Waals surface area contributed by atoms with Gasteiger partial charge in [-0.05, 0) is 18.2 Å². The van der Waals surface area contributed by atoms with E-state index >= 15 is 0 Å². The molecule has 1 aromatic carbocycles. The molecule has 5 heteroatoms. The lowest BCUT2D eigenvalue weighted by Crippen LogP contribution is -2.05. The Balaban J connectivity index is 2.26. The molecule has 0 saturated carbocycles. The van der Waals surface area contributed by atoms with Crippen LogP contribution in [0.3, 0.4) is 0 Å². The molecular weight excluding hydrogens is 270 g/mol. The second-order valence-electron chi connectivity index (χ2n) is 4.58. The number of benzene rings is 1. The maximum Gasteiger partial charge on any atom is 0.307 e. The average Bonchev–Trinajstić information content (AvgIpc) is 2.48. The summed E-state index contributed by atoms with van der Waals surface area (Å²) in [7, 11) is 0. The molecule has 0 unspecified atom stereocenters. The van der Waals surface area contributed by atoms with Crippen LogP contribution in [0.2, 0.25) is 0 Å². The van der Waals surface area contributed by atoms with Gasteiger partial charge >= 0.3 is 5.97 Å². The molecule has 0 radical (unpaired) electrons. The first-order chi connectivity index (χ1) is 10.1. The Morgan fingerprint density at radius 1 is 1.19 bits per heavy atom. The first kappa shape index (κ1) is 13.1. The van der Waals surface area contributed by atoms with Crippen molar-refractivity contribution in [3.8, 4) is 11.3 Å². The first-order valence-corrected chi connectivity index (χ1v) is 6.33. The molecule has 0 aliphatic carbocycles. The minimum atomic E-state index is -0.973. The van der Waals surface area contributed by atoms with Gasteiger partial charge in [0.15, 0.2) is 5.43 Å². The minimum Gasteiger partial charge on any atom is -0.481 e. The smallest absolute Gasteiger partial charge is 0.307 e. The molecule has 0 aliphatic heterocycles. The van der Waals surface area contributed by atoms with Gasteiger partial charge in [-0.3, -0.25) is 14.6 Å². The zero-order valence-corrected chi connectivity index (χ0v) is 10.9. The number of hydrogen-bond donors (Lipinski definition) is 1. The number of para-hydroxylation sites is 1. The predicted octanol–water partition coefficient (Wildman–Crippen LogP) is 2.48. The summed E-state index contributed by atoms with van der Waals surface area (Å²) < 4.78 is 5.77. The molecule has 0 aliphatic rings. The Bertz CT molecular complexity index is 868. The maximum atomic E-state index is 12.2. The number of hydrogen-bond acceptors (Lipinski definition) is 4. The molecule has 0 spiro atoms. The second-order valence-corrected chi connectivity index (χ2v) is 4.58. The van der Waals surface area contributed by atoms with Crippen molar-refractivity contribution in [2.75, 3.05) is 0 Å². The van der Waals surface area contributed by atoms with E-state index in [1.54, 1.807) is 42.7 Å². The van der Waals surface area contributed by atoms with Crippen LogP contribution in [0.15, 0.2) is 58.0 Å². The Morgan fingerprint density at radius 3 is 2.67 bits per heavy atom. The van der Waals surface area contributed by atoms with Gasteiger partial charge in [0.05, 0.1) is 11.8 Å². The Hall–Kier alpha value is -2.95. The van der Waals surface area contributed by atoms with Crippen LogP contribution >= 0.6 is 0 Å². The van der Waals surface area contributed by atoms with E-state index < -0.39 is 5.97 Å². The highest BCUT2D eigenvalue weighted by atomic mass is 16.4. The van der Waals surface area contributed by atoms with E-state index in [0.29, 0.717) is 27.9 Å². The number of fused-ring (bicyclic) bond motifs is 1. The van der Waals surface area contributed by atoms with Crippen LogP contribution in [-0.4, -0.2) is 16.1 Å². The molecule has 2 heterocycles. The van der Waals surface area contributed by atoms with Crippen molar-refractivity contribution in [1.29, 1.82) is 0 Å². The fourth-order valence-electron chi connectivity index (χ4n) is 2.20. The van der Waals surface area contributed by atoms with Gasteiger partial charge < -0.3 is 9.52 Å². The van der Waals surface area contributed by atoms with E-state index in [1.165, 1.54) is 6.07 Å². The van der Waals surface area contributed by atoms with Crippen LogP contribution in [0.5, 0.6) is 0 Å². The van der Waals surface area contributed by atoms with Gasteiger partial charge in [0.25, 0.3) is 0 Å². The van der Waals surface area contributed by atoms with Crippen molar-refractivity contribution < 1.29 is 14.3 Å². The molecule has 0 fully saturated rings. The number of aliphatic carboxylic acids is 1. The third-order valence-corrected chi connectivity index (χ3v) is 3.14. The monoisotopic (exact) mass is 281 g/mol. The van der Waals surface area contributed by atoms with Crippen LogP contribution in [0.1, 0.15) is 5.56 Å². The SMILES string of the molecule is O=C(O)Cc1cccc2c(=O)cc(-c3ccncc3)oc12. The number of nitrogens with zero attached hydrogens (tertiary/aromatic N) is 1. The number of pyridine rings is 1. The normalized spacial score (nSPS) is 10.7. The van der Waals surface area contributed by atoms with E-state index in [2.05, 4.69) is 4.98 Å². The fourth-order valence-corrected chi connectivity index (χ4v) is 2.20. The number of carboxylic acid groups (broad SMARTS) is 1. The highest BCUT2D eigenvalue weighted by Crippen LogP contribution is 2.24. The van der Waals surface area contributed by atoms with Gasteiger partial charge in [0, 0.05) is 29.6 Å². The lowest BCUT2D eigenvalue weighted by atomic mass is 10.1. The van der Waals surface area contributed by atoms with Crippen molar-refractivity contribution in [1.82, 2.24) is 4.98 Å². The van der Waals surface area contributed by atoms with E-state index in [4.69, 9.17) is 9.52 Å². The summed E-state index contributed by atoms with van der Waals surface area (Å²) in [5.74, 6) is -0.577. The van der Waals surface area contributed by atoms with Gasteiger partial charge in [0.2, 0.25) is 0 Å². The zero-order chi connectivity index (χ0) is 14.8. The van der Waals surface area contributed by atoms with E-state index in [9.17, 15) is 9.59 Å². The van der Waals surface area contributed by atoms with Crippen molar-refractivity contribution in [3.05, 3.63) is 64.6 Å². The highest BCUT2D eigenvalue weighted by Gasteiger charge is 2.12. The summed E-state index contributed by atoms with van der Waals surface area (Å²) >= 11 is 0. The molecule has 0 bridgehead atoms. The quantitative estimate of drug-likeness (QED) is 0.797. The number of aromatic nitrogens is 1. The van der Waals surface area contributed by atoms with Crippen molar-refractivity contribution in [2.45, 2.75) is 6.42 Å². The van der Waals surface area contributed by atoms with E-state index in [-0.39, 0.29) is 11.8 Å². The summed E-state index contributed by atoms with van der Waals surface area (Å²) in [5.41, 5.74) is 1.32. The summed E-state index contributed by atoms with van der Waals surface area (Å²) in [6.07, 6.45) is 3.01. The van der Waals surface area contributed by atoms with Crippen LogP contribution in [0.4, 0.5) is 0 Å². The van der Waals surface area contributed by atoms with Crippen LogP contribution in [0, 0.1) is 0 Å². The van der Waals surface area contributed by atoms with Gasteiger partial charge in [-0.2, -0.15) is 0 Å². The van der Waals surface area contributed by atoms with Gasteiger partial charge in [0.1, 0.15) is 11.3 Å². The molecule has 1 N–H and O–H groups in total. The molecule has 0 atom stereocenters. The molecule has 21 heavy (non-hydrogen) atoms. The van der Waals surface area contributed by atoms with E-state index in [1.807, 2.05) is 0 Å². The Morgan fingerprint density at radius 2 is 1.95 bits per heavy atom. The lowest BCUT2D eigenvalue weighted by Gasteiger charge is -2.06. The topological polar surface area (TPSA) is 80.4 Å². The molecule has 3 rings (SSSR count). The second kappa shape index (κ2) is 5.20. The molecule has 104 valence electrons. The molecule has 2 aromatic heterocycles. The first-order valence-electron chi connectivity index (χ1n) is 6.33. The third kappa shape index (κ3) is 2.53. The average molecular weight is 281 g/mol. The molecule has 0 amide bonds. The lowest BCUT2D eigenvalue weighted by molar-refractivity contribution is -0.136.